The van der Waals surface area contributed by atoms with Crippen LogP contribution in [0, 0.1) is 13.8 Å². The standard InChI is InChI=1S/C22H26N6O/c1-15-12-16(2)28(24-15)14-17-4-3-5-19(13-17)22(29)26-9-8-20-23-21(18-6-7-18)25-27(20)11-10-26/h3-5,12-13,18H,6-11,14H2,1-2H3. The number of carbonyl (C=O) groups excluding carboxylic acids is 1. The minimum absolute atomic E-state index is 0.0772. The molecule has 7 nitrogen and oxygen atoms in total. The van der Waals surface area contributed by atoms with Crippen molar-refractivity contribution in [2.75, 3.05) is 13.1 Å². The van der Waals surface area contributed by atoms with Gasteiger partial charge >= 0.3 is 0 Å². The molecule has 0 bridgehead atoms. The Morgan fingerprint density at radius 3 is 2.72 bits per heavy atom. The summed E-state index contributed by atoms with van der Waals surface area (Å²) in [7, 11) is 0. The number of hydrogen-bond acceptors (Lipinski definition) is 4. The predicted molar refractivity (Wildman–Crippen MR) is 109 cm³/mol. The quantitative estimate of drug-likeness (QED) is 0.687. The van der Waals surface area contributed by atoms with Crippen LogP contribution in [0.15, 0.2) is 30.3 Å². The van der Waals surface area contributed by atoms with E-state index in [0.717, 1.165) is 40.6 Å². The van der Waals surface area contributed by atoms with E-state index in [9.17, 15) is 4.79 Å². The zero-order chi connectivity index (χ0) is 20.0. The number of carbonyl (C=O) groups is 1. The van der Waals surface area contributed by atoms with Crippen LogP contribution >= 0.6 is 0 Å². The van der Waals surface area contributed by atoms with E-state index in [-0.39, 0.29) is 5.91 Å². The summed E-state index contributed by atoms with van der Waals surface area (Å²) in [5, 5.41) is 9.20. The van der Waals surface area contributed by atoms with Crippen LogP contribution in [0.5, 0.6) is 0 Å². The number of nitrogens with zero attached hydrogens (tertiary/aromatic N) is 6. The first-order valence-corrected chi connectivity index (χ1v) is 10.4. The van der Waals surface area contributed by atoms with Crippen LogP contribution < -0.4 is 0 Å². The first-order chi connectivity index (χ1) is 14.1. The molecule has 5 rings (SSSR count). The summed E-state index contributed by atoms with van der Waals surface area (Å²) in [6.07, 6.45) is 3.18. The third kappa shape index (κ3) is 3.69. The highest BCUT2D eigenvalue weighted by atomic mass is 16.2. The summed E-state index contributed by atoms with van der Waals surface area (Å²) in [4.78, 5) is 19.8. The highest BCUT2D eigenvalue weighted by Gasteiger charge is 2.30. The second kappa shape index (κ2) is 7.13. The lowest BCUT2D eigenvalue weighted by Crippen LogP contribution is -2.33. The Morgan fingerprint density at radius 1 is 1.10 bits per heavy atom. The minimum atomic E-state index is 0.0772. The van der Waals surface area contributed by atoms with Crippen molar-refractivity contribution in [1.82, 2.24) is 29.4 Å². The van der Waals surface area contributed by atoms with Gasteiger partial charge in [0.2, 0.25) is 0 Å². The Kier molecular flexibility index (Phi) is 4.45. The Hall–Kier alpha value is -2.96. The van der Waals surface area contributed by atoms with Crippen LogP contribution in [0.1, 0.15) is 57.7 Å². The van der Waals surface area contributed by atoms with Gasteiger partial charge in [0.1, 0.15) is 5.82 Å². The normalized spacial score (nSPS) is 16.6. The van der Waals surface area contributed by atoms with Crippen LogP contribution in [-0.2, 0) is 19.5 Å². The molecule has 0 radical (unpaired) electrons. The van der Waals surface area contributed by atoms with Gasteiger partial charge in [0.05, 0.1) is 18.8 Å². The molecular weight excluding hydrogens is 364 g/mol. The van der Waals surface area contributed by atoms with Crippen molar-refractivity contribution in [3.63, 3.8) is 0 Å². The first kappa shape index (κ1) is 18.1. The lowest BCUT2D eigenvalue weighted by Gasteiger charge is -2.20. The molecule has 0 saturated heterocycles. The fraction of sp³-hybridized carbons (Fsp3) is 0.455. The maximum Gasteiger partial charge on any atom is 0.253 e. The molecule has 0 N–H and O–H groups in total. The number of aryl methyl sites for hydroxylation is 2. The zero-order valence-electron chi connectivity index (χ0n) is 17.0. The zero-order valence-corrected chi connectivity index (χ0v) is 17.0. The summed E-state index contributed by atoms with van der Waals surface area (Å²) in [6, 6.07) is 9.97. The van der Waals surface area contributed by atoms with Crippen LogP contribution in [0.3, 0.4) is 0 Å². The molecule has 150 valence electrons. The van der Waals surface area contributed by atoms with Crippen LogP contribution in [0.25, 0.3) is 0 Å². The molecule has 0 spiro atoms. The number of rotatable bonds is 4. The first-order valence-electron chi connectivity index (χ1n) is 10.4. The van der Waals surface area contributed by atoms with Crippen LogP contribution in [-0.4, -0.2) is 48.4 Å². The number of fused-ring (bicyclic) bond motifs is 1. The van der Waals surface area contributed by atoms with Crippen molar-refractivity contribution in [3.05, 3.63) is 64.5 Å². The molecule has 29 heavy (non-hydrogen) atoms. The molecule has 1 saturated carbocycles. The average molecular weight is 390 g/mol. The van der Waals surface area contributed by atoms with Crippen molar-refractivity contribution >= 4 is 5.91 Å². The third-order valence-electron chi connectivity index (χ3n) is 5.79. The molecule has 3 heterocycles. The SMILES string of the molecule is Cc1cc(C)n(Cc2cccc(C(=O)N3CCc4nc(C5CC5)nn4CC3)c2)n1. The summed E-state index contributed by atoms with van der Waals surface area (Å²) >= 11 is 0. The van der Waals surface area contributed by atoms with E-state index in [0.29, 0.717) is 32.1 Å². The molecule has 1 aromatic carbocycles. The number of benzene rings is 1. The average Bonchev–Trinajstić information content (AvgIpc) is 3.45. The lowest BCUT2D eigenvalue weighted by molar-refractivity contribution is 0.0758. The van der Waals surface area contributed by atoms with Gasteiger partial charge < -0.3 is 4.90 Å². The lowest BCUT2D eigenvalue weighted by atomic mass is 10.1. The van der Waals surface area contributed by atoms with Crippen molar-refractivity contribution in [3.8, 4) is 0 Å². The number of amides is 1. The van der Waals surface area contributed by atoms with Crippen molar-refractivity contribution in [1.29, 1.82) is 0 Å². The van der Waals surface area contributed by atoms with Crippen molar-refractivity contribution in [2.24, 2.45) is 0 Å². The smallest absolute Gasteiger partial charge is 0.253 e. The largest absolute Gasteiger partial charge is 0.336 e. The van der Waals surface area contributed by atoms with Crippen molar-refractivity contribution in [2.45, 2.75) is 52.1 Å². The Morgan fingerprint density at radius 2 is 1.97 bits per heavy atom. The van der Waals surface area contributed by atoms with Gasteiger partial charge in [-0.15, -0.1) is 0 Å². The fourth-order valence-electron chi connectivity index (χ4n) is 4.03. The molecular formula is C22H26N6O. The fourth-order valence-corrected chi connectivity index (χ4v) is 4.03. The van der Waals surface area contributed by atoms with Crippen LogP contribution in [0.4, 0.5) is 0 Å². The van der Waals surface area contributed by atoms with E-state index >= 15 is 0 Å². The van der Waals surface area contributed by atoms with Gasteiger partial charge in [-0.25, -0.2) is 9.67 Å². The van der Waals surface area contributed by atoms with Crippen molar-refractivity contribution < 1.29 is 4.79 Å². The number of hydrogen-bond donors (Lipinski definition) is 0. The summed E-state index contributed by atoms with van der Waals surface area (Å²) in [6.45, 7) is 6.79. The van der Waals surface area contributed by atoms with Gasteiger partial charge in [0.15, 0.2) is 5.82 Å². The van der Waals surface area contributed by atoms with E-state index in [1.54, 1.807) is 0 Å². The summed E-state index contributed by atoms with van der Waals surface area (Å²) in [5.74, 6) is 2.66. The highest BCUT2D eigenvalue weighted by Crippen LogP contribution is 2.38. The highest BCUT2D eigenvalue weighted by molar-refractivity contribution is 5.94. The second-order valence-corrected chi connectivity index (χ2v) is 8.21. The maximum absolute atomic E-state index is 13.1. The van der Waals surface area contributed by atoms with Gasteiger partial charge in [0.25, 0.3) is 5.91 Å². The van der Waals surface area contributed by atoms with E-state index in [2.05, 4.69) is 29.3 Å². The van der Waals surface area contributed by atoms with E-state index in [1.807, 2.05) is 39.4 Å². The van der Waals surface area contributed by atoms with Gasteiger partial charge in [-0.1, -0.05) is 12.1 Å². The maximum atomic E-state index is 13.1. The van der Waals surface area contributed by atoms with Gasteiger partial charge in [-0.3, -0.25) is 9.48 Å². The Balaban J connectivity index is 1.29. The Labute approximate surface area is 170 Å². The van der Waals surface area contributed by atoms with Crippen LogP contribution in [0.2, 0.25) is 0 Å². The molecule has 0 unspecified atom stereocenters. The molecule has 3 aromatic rings. The predicted octanol–water partition coefficient (Wildman–Crippen LogP) is 2.72. The number of aromatic nitrogens is 5. The topological polar surface area (TPSA) is 68.8 Å². The monoisotopic (exact) mass is 390 g/mol. The van der Waals surface area contributed by atoms with Gasteiger partial charge in [-0.2, -0.15) is 10.2 Å². The third-order valence-corrected chi connectivity index (χ3v) is 5.79. The molecule has 2 aliphatic rings. The molecule has 2 aromatic heterocycles. The summed E-state index contributed by atoms with van der Waals surface area (Å²) < 4.78 is 3.98. The molecule has 1 aliphatic carbocycles. The molecule has 1 amide bonds. The molecule has 7 heteroatoms. The Bertz CT molecular complexity index is 1040. The molecule has 1 aliphatic heterocycles. The van der Waals surface area contributed by atoms with E-state index in [4.69, 9.17) is 4.98 Å². The minimum Gasteiger partial charge on any atom is -0.336 e. The van der Waals surface area contributed by atoms with Gasteiger partial charge in [0, 0.05) is 36.7 Å². The molecule has 1 fully saturated rings. The molecule has 0 atom stereocenters. The van der Waals surface area contributed by atoms with Gasteiger partial charge in [-0.05, 0) is 50.5 Å². The van der Waals surface area contributed by atoms with E-state index in [1.165, 1.54) is 12.8 Å². The van der Waals surface area contributed by atoms with E-state index < -0.39 is 0 Å². The second-order valence-electron chi connectivity index (χ2n) is 8.21. The summed E-state index contributed by atoms with van der Waals surface area (Å²) in [5.41, 5.74) is 3.95.